The van der Waals surface area contributed by atoms with Gasteiger partial charge in [-0.15, -0.1) is 0 Å². The van der Waals surface area contributed by atoms with Gasteiger partial charge in [0.05, 0.1) is 6.26 Å². The Hall–Kier alpha value is -0.800. The number of furan rings is 1. The van der Waals surface area contributed by atoms with Crippen molar-refractivity contribution < 1.29 is 4.42 Å². The minimum Gasteiger partial charge on any atom is -0.469 e. The number of hydrogen-bond acceptors (Lipinski definition) is 3. The summed E-state index contributed by atoms with van der Waals surface area (Å²) in [7, 11) is 2.14. The highest BCUT2D eigenvalue weighted by Gasteiger charge is 2.16. The lowest BCUT2D eigenvalue weighted by molar-refractivity contribution is 0.277. The van der Waals surface area contributed by atoms with Gasteiger partial charge < -0.3 is 15.1 Å². The van der Waals surface area contributed by atoms with Crippen molar-refractivity contribution in [2.24, 2.45) is 11.1 Å². The zero-order valence-corrected chi connectivity index (χ0v) is 12.5. The molecular weight excluding hydrogens is 224 g/mol. The van der Waals surface area contributed by atoms with E-state index < -0.39 is 0 Å². The van der Waals surface area contributed by atoms with Crippen molar-refractivity contribution in [3.63, 3.8) is 0 Å². The minimum absolute atomic E-state index is 0.290. The van der Waals surface area contributed by atoms with E-state index in [1.54, 1.807) is 6.26 Å². The lowest BCUT2D eigenvalue weighted by Gasteiger charge is -2.25. The third-order valence-electron chi connectivity index (χ3n) is 3.16. The van der Waals surface area contributed by atoms with Crippen LogP contribution in [0.25, 0.3) is 0 Å². The Balaban J connectivity index is 2.29. The van der Waals surface area contributed by atoms with Gasteiger partial charge in [-0.3, -0.25) is 0 Å². The zero-order valence-electron chi connectivity index (χ0n) is 12.5. The first-order valence-corrected chi connectivity index (χ1v) is 6.75. The Morgan fingerprint density at radius 1 is 1.39 bits per heavy atom. The van der Waals surface area contributed by atoms with Gasteiger partial charge in [0.1, 0.15) is 5.76 Å². The first-order valence-electron chi connectivity index (χ1n) is 6.75. The molecule has 1 aromatic rings. The van der Waals surface area contributed by atoms with Gasteiger partial charge in [0.2, 0.25) is 0 Å². The zero-order chi connectivity index (χ0) is 13.8. The highest BCUT2D eigenvalue weighted by atomic mass is 16.3. The maximum Gasteiger partial charge on any atom is 0.105 e. The summed E-state index contributed by atoms with van der Waals surface area (Å²) in [5.74, 6) is 1.01. The van der Waals surface area contributed by atoms with Crippen LogP contribution in [0.1, 0.15) is 44.9 Å². The van der Waals surface area contributed by atoms with Gasteiger partial charge in [-0.05, 0) is 44.8 Å². The van der Waals surface area contributed by atoms with Crippen molar-refractivity contribution in [2.45, 2.75) is 53.1 Å². The fourth-order valence-corrected chi connectivity index (χ4v) is 2.22. The number of nitrogens with zero attached hydrogens (tertiary/aromatic N) is 1. The molecule has 0 spiro atoms. The average molecular weight is 252 g/mol. The molecule has 0 aliphatic rings. The second kappa shape index (κ2) is 6.39. The second-order valence-corrected chi connectivity index (χ2v) is 6.55. The monoisotopic (exact) mass is 252 g/mol. The van der Waals surface area contributed by atoms with Gasteiger partial charge >= 0.3 is 0 Å². The molecule has 2 N–H and O–H groups in total. The van der Waals surface area contributed by atoms with Gasteiger partial charge in [-0.1, -0.05) is 20.8 Å². The van der Waals surface area contributed by atoms with E-state index in [2.05, 4.69) is 32.7 Å². The van der Waals surface area contributed by atoms with Crippen LogP contribution in [0.3, 0.4) is 0 Å². The van der Waals surface area contributed by atoms with E-state index in [1.165, 1.54) is 5.56 Å². The quantitative estimate of drug-likeness (QED) is 0.845. The van der Waals surface area contributed by atoms with E-state index in [0.29, 0.717) is 5.41 Å². The van der Waals surface area contributed by atoms with Crippen LogP contribution < -0.4 is 5.73 Å². The molecule has 18 heavy (non-hydrogen) atoms. The topological polar surface area (TPSA) is 42.4 Å². The summed E-state index contributed by atoms with van der Waals surface area (Å²) in [5, 5.41) is 0. The molecule has 1 aromatic heterocycles. The lowest BCUT2D eigenvalue weighted by atomic mass is 9.87. The highest BCUT2D eigenvalue weighted by Crippen LogP contribution is 2.21. The van der Waals surface area contributed by atoms with E-state index in [1.807, 2.05) is 13.0 Å². The Morgan fingerprint density at radius 3 is 2.56 bits per heavy atom. The van der Waals surface area contributed by atoms with Gasteiger partial charge in [0.15, 0.2) is 0 Å². The molecule has 0 aromatic carbocycles. The summed E-state index contributed by atoms with van der Waals surface area (Å²) in [6, 6.07) is 2.33. The molecular formula is C15H28N2O. The fourth-order valence-electron chi connectivity index (χ4n) is 2.22. The number of hydrogen-bond donors (Lipinski definition) is 1. The van der Waals surface area contributed by atoms with E-state index in [4.69, 9.17) is 10.2 Å². The first kappa shape index (κ1) is 15.3. The smallest absolute Gasteiger partial charge is 0.105 e. The Labute approximate surface area is 111 Å². The van der Waals surface area contributed by atoms with E-state index >= 15 is 0 Å². The molecule has 0 radical (unpaired) electrons. The van der Waals surface area contributed by atoms with Gasteiger partial charge in [-0.25, -0.2) is 0 Å². The largest absolute Gasteiger partial charge is 0.469 e. The highest BCUT2D eigenvalue weighted by molar-refractivity contribution is 5.14. The van der Waals surface area contributed by atoms with Crippen LogP contribution in [0.4, 0.5) is 0 Å². The molecule has 0 fully saturated rings. The molecule has 3 nitrogen and oxygen atoms in total. The standard InChI is InChI=1S/C15H28N2O/c1-12-13(7-9-18-12)11-17(5)8-6-14(16)10-15(2,3)4/h7,9,14H,6,8,10-11,16H2,1-5H3. The molecule has 0 amide bonds. The van der Waals surface area contributed by atoms with E-state index in [-0.39, 0.29) is 6.04 Å². The fraction of sp³-hybridized carbons (Fsp3) is 0.733. The van der Waals surface area contributed by atoms with Crippen LogP contribution in [0.2, 0.25) is 0 Å². The molecule has 1 unspecified atom stereocenters. The van der Waals surface area contributed by atoms with Crippen LogP contribution in [0.5, 0.6) is 0 Å². The summed E-state index contributed by atoms with van der Waals surface area (Å²) < 4.78 is 5.31. The van der Waals surface area contributed by atoms with Crippen molar-refractivity contribution in [3.8, 4) is 0 Å². The van der Waals surface area contributed by atoms with Crippen molar-refractivity contribution in [1.29, 1.82) is 0 Å². The predicted molar refractivity (Wildman–Crippen MR) is 76.4 cm³/mol. The molecule has 0 bridgehead atoms. The van der Waals surface area contributed by atoms with Crippen LogP contribution in [0.15, 0.2) is 16.7 Å². The number of aryl methyl sites for hydroxylation is 1. The van der Waals surface area contributed by atoms with Crippen LogP contribution >= 0.6 is 0 Å². The third-order valence-corrected chi connectivity index (χ3v) is 3.16. The Kier molecular flexibility index (Phi) is 5.42. The lowest BCUT2D eigenvalue weighted by Crippen LogP contribution is -2.31. The molecule has 0 aliphatic carbocycles. The van der Waals surface area contributed by atoms with Crippen LogP contribution in [-0.2, 0) is 6.54 Å². The van der Waals surface area contributed by atoms with Crippen molar-refractivity contribution in [3.05, 3.63) is 23.7 Å². The first-order chi connectivity index (χ1) is 8.28. The van der Waals surface area contributed by atoms with Crippen molar-refractivity contribution in [1.82, 2.24) is 4.90 Å². The van der Waals surface area contributed by atoms with Gasteiger partial charge in [0, 0.05) is 18.2 Å². The normalized spacial score (nSPS) is 14.2. The SMILES string of the molecule is Cc1occc1CN(C)CCC(N)CC(C)(C)C. The van der Waals surface area contributed by atoms with E-state index in [9.17, 15) is 0 Å². The minimum atomic E-state index is 0.290. The van der Waals surface area contributed by atoms with Gasteiger partial charge in [0.25, 0.3) is 0 Å². The predicted octanol–water partition coefficient (Wildman–Crippen LogP) is 3.17. The molecule has 0 saturated carbocycles. The summed E-state index contributed by atoms with van der Waals surface area (Å²) in [6.45, 7) is 10.7. The summed E-state index contributed by atoms with van der Waals surface area (Å²) in [6.07, 6.45) is 3.88. The van der Waals surface area contributed by atoms with E-state index in [0.717, 1.165) is 31.7 Å². The second-order valence-electron chi connectivity index (χ2n) is 6.55. The summed E-state index contributed by atoms with van der Waals surface area (Å²) in [5.41, 5.74) is 7.75. The van der Waals surface area contributed by atoms with Crippen LogP contribution in [0, 0.1) is 12.3 Å². The number of rotatable bonds is 6. The average Bonchev–Trinajstić information content (AvgIpc) is 2.59. The van der Waals surface area contributed by atoms with Gasteiger partial charge in [-0.2, -0.15) is 0 Å². The third kappa shape index (κ3) is 5.69. The maximum absolute atomic E-state index is 6.17. The molecule has 1 heterocycles. The Bertz CT molecular complexity index is 352. The summed E-state index contributed by atoms with van der Waals surface area (Å²) in [4.78, 5) is 2.31. The maximum atomic E-state index is 6.17. The van der Waals surface area contributed by atoms with Crippen molar-refractivity contribution >= 4 is 0 Å². The molecule has 0 saturated heterocycles. The number of nitrogens with two attached hydrogens (primary N) is 1. The molecule has 3 heteroatoms. The van der Waals surface area contributed by atoms with Crippen LogP contribution in [-0.4, -0.2) is 24.5 Å². The summed E-state index contributed by atoms with van der Waals surface area (Å²) >= 11 is 0. The molecule has 0 aliphatic heterocycles. The van der Waals surface area contributed by atoms with Crippen molar-refractivity contribution in [2.75, 3.05) is 13.6 Å². The molecule has 104 valence electrons. The Morgan fingerprint density at radius 2 is 2.06 bits per heavy atom. The molecule has 1 atom stereocenters. The molecule has 1 rings (SSSR count).